The smallest absolute Gasteiger partial charge is 0.455 e. The van der Waals surface area contributed by atoms with Gasteiger partial charge in [-0.2, -0.15) is 17.2 Å². The number of carbonyl (C=O) groups excluding carboxylic acids is 1. The average molecular weight is 292 g/mol. The van der Waals surface area contributed by atoms with Crippen molar-refractivity contribution in [3.8, 4) is 0 Å². The SMILES string of the molecule is C=Cc1ccc(COC(=O)C(F)(F)S(=O)(=O)O)cc1. The molecule has 0 bridgehead atoms. The maximum Gasteiger partial charge on any atom is 0.465 e. The molecule has 104 valence electrons. The summed E-state index contributed by atoms with van der Waals surface area (Å²) in [5.41, 5.74) is 1.16. The zero-order chi connectivity index (χ0) is 14.7. The van der Waals surface area contributed by atoms with Gasteiger partial charge in [-0.25, -0.2) is 4.79 Å². The monoisotopic (exact) mass is 292 g/mol. The van der Waals surface area contributed by atoms with Crippen LogP contribution in [0.2, 0.25) is 0 Å². The molecule has 5 nitrogen and oxygen atoms in total. The minimum Gasteiger partial charge on any atom is -0.455 e. The molecule has 0 aliphatic heterocycles. The van der Waals surface area contributed by atoms with Crippen molar-refractivity contribution in [2.24, 2.45) is 0 Å². The molecule has 1 aromatic rings. The van der Waals surface area contributed by atoms with Crippen molar-refractivity contribution in [1.29, 1.82) is 0 Å². The van der Waals surface area contributed by atoms with Crippen LogP contribution in [-0.2, 0) is 26.3 Å². The van der Waals surface area contributed by atoms with Gasteiger partial charge < -0.3 is 4.74 Å². The Morgan fingerprint density at radius 2 is 1.89 bits per heavy atom. The summed E-state index contributed by atoms with van der Waals surface area (Å²) in [6, 6.07) is 6.21. The minimum absolute atomic E-state index is 0.380. The highest BCUT2D eigenvalue weighted by molar-refractivity contribution is 7.87. The van der Waals surface area contributed by atoms with E-state index in [1.165, 1.54) is 12.1 Å². The molecule has 19 heavy (non-hydrogen) atoms. The van der Waals surface area contributed by atoms with Gasteiger partial charge in [-0.15, -0.1) is 0 Å². The van der Waals surface area contributed by atoms with E-state index in [2.05, 4.69) is 11.3 Å². The van der Waals surface area contributed by atoms with E-state index in [0.717, 1.165) is 5.56 Å². The quantitative estimate of drug-likeness (QED) is 0.661. The van der Waals surface area contributed by atoms with Gasteiger partial charge in [0.25, 0.3) is 0 Å². The molecule has 0 saturated heterocycles. The zero-order valence-electron chi connectivity index (χ0n) is 9.55. The topological polar surface area (TPSA) is 80.7 Å². The number of ether oxygens (including phenoxy) is 1. The third-order valence-corrected chi connectivity index (χ3v) is 2.96. The lowest BCUT2D eigenvalue weighted by Crippen LogP contribution is -2.38. The summed E-state index contributed by atoms with van der Waals surface area (Å²) in [5, 5.41) is -4.98. The zero-order valence-corrected chi connectivity index (χ0v) is 10.4. The molecule has 0 aliphatic carbocycles. The molecule has 1 N–H and O–H groups in total. The summed E-state index contributed by atoms with van der Waals surface area (Å²) in [6.07, 6.45) is 1.56. The van der Waals surface area contributed by atoms with Crippen LogP contribution in [0.3, 0.4) is 0 Å². The molecule has 0 fully saturated rings. The first-order valence-corrected chi connectivity index (χ1v) is 6.36. The molecule has 0 saturated carbocycles. The van der Waals surface area contributed by atoms with Crippen molar-refractivity contribution in [1.82, 2.24) is 0 Å². The van der Waals surface area contributed by atoms with Gasteiger partial charge in [0.1, 0.15) is 6.61 Å². The summed E-state index contributed by atoms with van der Waals surface area (Å²) in [5.74, 6) is -2.33. The Hall–Kier alpha value is -1.80. The van der Waals surface area contributed by atoms with E-state index in [9.17, 15) is 22.0 Å². The van der Waals surface area contributed by atoms with Crippen LogP contribution in [0.15, 0.2) is 30.8 Å². The summed E-state index contributed by atoms with van der Waals surface area (Å²) in [6.45, 7) is 2.97. The number of esters is 1. The Morgan fingerprint density at radius 1 is 1.37 bits per heavy atom. The Morgan fingerprint density at radius 3 is 2.32 bits per heavy atom. The molecule has 1 aromatic carbocycles. The van der Waals surface area contributed by atoms with Crippen LogP contribution in [0, 0.1) is 0 Å². The van der Waals surface area contributed by atoms with Crippen molar-refractivity contribution in [3.05, 3.63) is 42.0 Å². The standard InChI is InChI=1S/C11H10F2O5S/c1-2-8-3-5-9(6-4-8)7-18-10(14)11(12,13)19(15,16)17/h2-6H,1,7H2,(H,15,16,17). The van der Waals surface area contributed by atoms with Crippen LogP contribution in [0.5, 0.6) is 0 Å². The number of hydrogen-bond donors (Lipinski definition) is 1. The maximum atomic E-state index is 12.8. The van der Waals surface area contributed by atoms with Gasteiger partial charge in [-0.05, 0) is 11.1 Å². The van der Waals surface area contributed by atoms with Crippen molar-refractivity contribution in [2.45, 2.75) is 11.9 Å². The number of alkyl halides is 2. The Labute approximate surface area is 108 Å². The maximum absolute atomic E-state index is 12.8. The van der Waals surface area contributed by atoms with Crippen molar-refractivity contribution < 1.29 is 31.3 Å². The van der Waals surface area contributed by atoms with Crippen molar-refractivity contribution in [2.75, 3.05) is 0 Å². The van der Waals surface area contributed by atoms with Crippen LogP contribution in [-0.4, -0.2) is 24.2 Å². The summed E-state index contributed by atoms with van der Waals surface area (Å²) < 4.78 is 58.5. The Balaban J connectivity index is 2.71. The van der Waals surface area contributed by atoms with E-state index in [-0.39, 0.29) is 0 Å². The van der Waals surface area contributed by atoms with Gasteiger partial charge in [0.2, 0.25) is 0 Å². The molecular formula is C11H10F2O5S. The highest BCUT2D eigenvalue weighted by Crippen LogP contribution is 2.22. The first kappa shape index (κ1) is 15.3. The molecule has 0 unspecified atom stereocenters. The van der Waals surface area contributed by atoms with Crippen LogP contribution in [0.25, 0.3) is 6.08 Å². The lowest BCUT2D eigenvalue weighted by atomic mass is 10.1. The van der Waals surface area contributed by atoms with E-state index in [1.54, 1.807) is 18.2 Å². The minimum atomic E-state index is -5.84. The number of benzene rings is 1. The van der Waals surface area contributed by atoms with Gasteiger partial charge in [0, 0.05) is 0 Å². The number of rotatable bonds is 5. The Kier molecular flexibility index (Phi) is 4.38. The van der Waals surface area contributed by atoms with Gasteiger partial charge in [0.05, 0.1) is 0 Å². The van der Waals surface area contributed by atoms with Crippen molar-refractivity contribution >= 4 is 22.2 Å². The molecule has 0 spiro atoms. The van der Waals surface area contributed by atoms with Crippen LogP contribution >= 0.6 is 0 Å². The van der Waals surface area contributed by atoms with Gasteiger partial charge in [-0.1, -0.05) is 36.9 Å². The third kappa shape index (κ3) is 3.58. The first-order chi connectivity index (χ1) is 8.68. The first-order valence-electron chi connectivity index (χ1n) is 4.92. The predicted octanol–water partition coefficient (Wildman–Crippen LogP) is 1.85. The van der Waals surface area contributed by atoms with E-state index < -0.39 is 27.9 Å². The third-order valence-electron chi connectivity index (χ3n) is 2.15. The lowest BCUT2D eigenvalue weighted by Gasteiger charge is -2.12. The lowest BCUT2D eigenvalue weighted by molar-refractivity contribution is -0.162. The van der Waals surface area contributed by atoms with Crippen LogP contribution in [0.4, 0.5) is 8.78 Å². The predicted molar refractivity (Wildman–Crippen MR) is 62.8 cm³/mol. The molecule has 0 radical (unpaired) electrons. The average Bonchev–Trinajstić information content (AvgIpc) is 2.35. The number of halogens is 2. The second-order valence-electron chi connectivity index (χ2n) is 3.51. The fourth-order valence-electron chi connectivity index (χ4n) is 1.09. The summed E-state index contributed by atoms with van der Waals surface area (Å²) in [7, 11) is -5.84. The summed E-state index contributed by atoms with van der Waals surface area (Å²) in [4.78, 5) is 10.9. The highest BCUT2D eigenvalue weighted by Gasteiger charge is 2.54. The fourth-order valence-corrected chi connectivity index (χ4v) is 1.36. The van der Waals surface area contributed by atoms with E-state index in [0.29, 0.717) is 5.56 Å². The molecule has 0 aromatic heterocycles. The second kappa shape index (κ2) is 5.45. The van der Waals surface area contributed by atoms with E-state index in [1.807, 2.05) is 0 Å². The van der Waals surface area contributed by atoms with E-state index in [4.69, 9.17) is 4.55 Å². The molecule has 8 heteroatoms. The Bertz CT molecular complexity index is 578. The molecule has 0 heterocycles. The summed E-state index contributed by atoms with van der Waals surface area (Å²) >= 11 is 0. The molecule has 1 rings (SSSR count). The number of carbonyl (C=O) groups is 1. The molecule has 0 aliphatic rings. The molecule has 0 amide bonds. The van der Waals surface area contributed by atoms with Crippen LogP contribution < -0.4 is 0 Å². The molecule has 0 atom stereocenters. The highest BCUT2D eigenvalue weighted by atomic mass is 32.2. The van der Waals surface area contributed by atoms with E-state index >= 15 is 0 Å². The number of hydrogen-bond acceptors (Lipinski definition) is 4. The molecular weight excluding hydrogens is 282 g/mol. The van der Waals surface area contributed by atoms with Crippen molar-refractivity contribution in [3.63, 3.8) is 0 Å². The van der Waals surface area contributed by atoms with Gasteiger partial charge in [0.15, 0.2) is 0 Å². The van der Waals surface area contributed by atoms with Crippen LogP contribution in [0.1, 0.15) is 11.1 Å². The fraction of sp³-hybridized carbons (Fsp3) is 0.182. The second-order valence-corrected chi connectivity index (χ2v) is 4.98. The largest absolute Gasteiger partial charge is 0.465 e. The normalized spacial score (nSPS) is 11.9. The van der Waals surface area contributed by atoms with Gasteiger partial charge in [-0.3, -0.25) is 4.55 Å². The van der Waals surface area contributed by atoms with Gasteiger partial charge >= 0.3 is 21.3 Å².